The van der Waals surface area contributed by atoms with Crippen molar-refractivity contribution in [1.29, 1.82) is 0 Å². The minimum absolute atomic E-state index is 0.685. The van der Waals surface area contributed by atoms with E-state index in [1.807, 2.05) is 0 Å². The summed E-state index contributed by atoms with van der Waals surface area (Å²) < 4.78 is 0. The second kappa shape index (κ2) is 6.12. The predicted molar refractivity (Wildman–Crippen MR) is 43.0 cm³/mol. The zero-order valence-electron chi connectivity index (χ0n) is 6.84. The Kier molecular flexibility index (Phi) is 5.78. The van der Waals surface area contributed by atoms with Gasteiger partial charge in [0.25, 0.3) is 0 Å². The lowest BCUT2D eigenvalue weighted by atomic mass is 10.4. The van der Waals surface area contributed by atoms with Crippen LogP contribution in [-0.4, -0.2) is 30.2 Å². The number of amides is 1. The molecule has 0 radical (unpaired) electrons. The summed E-state index contributed by atoms with van der Waals surface area (Å²) >= 11 is 0. The van der Waals surface area contributed by atoms with Gasteiger partial charge in [-0.05, 0) is 32.9 Å². The number of hydrogen-bond acceptors (Lipinski definition) is 3. The number of nitrogens with one attached hydrogen (secondary N) is 1. The van der Waals surface area contributed by atoms with E-state index in [1.165, 1.54) is 32.9 Å². The summed E-state index contributed by atoms with van der Waals surface area (Å²) in [6.07, 6.45) is 1.77. The Hall–Kier alpha value is -0.610. The third-order valence-corrected chi connectivity index (χ3v) is 1.37. The summed E-state index contributed by atoms with van der Waals surface area (Å²) in [6, 6.07) is 0. The molecule has 0 bridgehead atoms. The second-order valence-corrected chi connectivity index (χ2v) is 2.54. The van der Waals surface area contributed by atoms with Crippen molar-refractivity contribution in [3.8, 4) is 0 Å². The maximum atomic E-state index is 9.67. The summed E-state index contributed by atoms with van der Waals surface area (Å²) in [4.78, 5) is 9.67. The Morgan fingerprint density at radius 3 is 2.00 bits per heavy atom. The molecule has 0 unspecified atom stereocenters. The van der Waals surface area contributed by atoms with Crippen molar-refractivity contribution in [2.24, 2.45) is 5.73 Å². The summed E-state index contributed by atoms with van der Waals surface area (Å²) in [5, 5.41) is 11.4. The van der Waals surface area contributed by atoms with E-state index >= 15 is 0 Å². The van der Waals surface area contributed by atoms with Crippen LogP contribution in [0.5, 0.6) is 0 Å². The number of rotatable bonds is 1. The SMILES string of the molecule is C1CCNC1.C[C@H](O)C(N)=O. The Bertz CT molecular complexity index is 103. The Labute approximate surface area is 66.8 Å². The van der Waals surface area contributed by atoms with Crippen LogP contribution in [0.25, 0.3) is 0 Å². The van der Waals surface area contributed by atoms with E-state index < -0.39 is 12.0 Å². The van der Waals surface area contributed by atoms with Crippen LogP contribution in [-0.2, 0) is 4.79 Å². The van der Waals surface area contributed by atoms with Gasteiger partial charge in [0.15, 0.2) is 0 Å². The van der Waals surface area contributed by atoms with Crippen molar-refractivity contribution in [2.45, 2.75) is 25.9 Å². The van der Waals surface area contributed by atoms with Crippen LogP contribution in [0.1, 0.15) is 19.8 Å². The second-order valence-electron chi connectivity index (χ2n) is 2.54. The van der Waals surface area contributed by atoms with Crippen LogP contribution >= 0.6 is 0 Å². The zero-order chi connectivity index (χ0) is 8.69. The van der Waals surface area contributed by atoms with E-state index in [9.17, 15) is 4.79 Å². The van der Waals surface area contributed by atoms with Crippen molar-refractivity contribution in [2.75, 3.05) is 13.1 Å². The third-order valence-electron chi connectivity index (χ3n) is 1.37. The maximum absolute atomic E-state index is 9.67. The molecule has 1 fully saturated rings. The van der Waals surface area contributed by atoms with Gasteiger partial charge in [-0.1, -0.05) is 0 Å². The van der Waals surface area contributed by atoms with Crippen molar-refractivity contribution in [3.05, 3.63) is 0 Å². The molecule has 1 aliphatic heterocycles. The van der Waals surface area contributed by atoms with Gasteiger partial charge < -0.3 is 16.2 Å². The fourth-order valence-electron chi connectivity index (χ4n) is 0.625. The Morgan fingerprint density at radius 1 is 1.55 bits per heavy atom. The normalized spacial score (nSPS) is 18.4. The minimum Gasteiger partial charge on any atom is -0.384 e. The van der Waals surface area contributed by atoms with Crippen molar-refractivity contribution in [3.63, 3.8) is 0 Å². The first-order chi connectivity index (χ1) is 5.14. The molecule has 1 rings (SSSR count). The summed E-state index contributed by atoms with van der Waals surface area (Å²) in [5.41, 5.74) is 4.55. The monoisotopic (exact) mass is 160 g/mol. The first-order valence-corrected chi connectivity index (χ1v) is 3.82. The van der Waals surface area contributed by atoms with Gasteiger partial charge in [-0.2, -0.15) is 0 Å². The molecule has 1 saturated heterocycles. The quantitative estimate of drug-likeness (QED) is 0.471. The highest BCUT2D eigenvalue weighted by atomic mass is 16.3. The molecule has 0 aromatic heterocycles. The van der Waals surface area contributed by atoms with Crippen molar-refractivity contribution >= 4 is 5.91 Å². The van der Waals surface area contributed by atoms with Gasteiger partial charge in [0.1, 0.15) is 6.10 Å². The van der Waals surface area contributed by atoms with Crippen LogP contribution in [0.4, 0.5) is 0 Å². The van der Waals surface area contributed by atoms with Gasteiger partial charge in [0.05, 0.1) is 0 Å². The molecule has 4 N–H and O–H groups in total. The number of primary amides is 1. The number of nitrogens with two attached hydrogens (primary N) is 1. The first-order valence-electron chi connectivity index (χ1n) is 3.82. The van der Waals surface area contributed by atoms with Crippen LogP contribution in [0, 0.1) is 0 Å². The standard InChI is InChI=1S/C4H9N.C3H7NO2/c1-2-4-5-3-1;1-2(5)3(4)6/h5H,1-4H2;2,5H,1H3,(H2,4,6)/t;2-/m.0/s1. The van der Waals surface area contributed by atoms with E-state index in [0.717, 1.165) is 0 Å². The highest BCUT2D eigenvalue weighted by Crippen LogP contribution is 1.90. The Balaban J connectivity index is 0.000000183. The van der Waals surface area contributed by atoms with Gasteiger partial charge in [0, 0.05) is 0 Å². The lowest BCUT2D eigenvalue weighted by Crippen LogP contribution is -2.24. The summed E-state index contributed by atoms with van der Waals surface area (Å²) in [6.45, 7) is 3.82. The van der Waals surface area contributed by atoms with Crippen LogP contribution in [0.2, 0.25) is 0 Å². The van der Waals surface area contributed by atoms with Gasteiger partial charge in [-0.15, -0.1) is 0 Å². The van der Waals surface area contributed by atoms with Crippen molar-refractivity contribution in [1.82, 2.24) is 5.32 Å². The third kappa shape index (κ3) is 7.29. The molecule has 0 spiro atoms. The van der Waals surface area contributed by atoms with E-state index in [0.29, 0.717) is 0 Å². The average molecular weight is 160 g/mol. The predicted octanol–water partition coefficient (Wildman–Crippen LogP) is -0.778. The molecule has 0 aromatic rings. The molecule has 1 amide bonds. The van der Waals surface area contributed by atoms with E-state index in [4.69, 9.17) is 5.11 Å². The van der Waals surface area contributed by atoms with Gasteiger partial charge in [-0.3, -0.25) is 4.79 Å². The van der Waals surface area contributed by atoms with Gasteiger partial charge >= 0.3 is 0 Å². The van der Waals surface area contributed by atoms with Crippen LogP contribution in [0.3, 0.4) is 0 Å². The van der Waals surface area contributed by atoms with Crippen LogP contribution < -0.4 is 11.1 Å². The molecule has 4 heteroatoms. The number of aliphatic hydroxyl groups is 1. The molecule has 11 heavy (non-hydrogen) atoms. The highest BCUT2D eigenvalue weighted by Gasteiger charge is 1.98. The molecule has 0 saturated carbocycles. The fraction of sp³-hybridized carbons (Fsp3) is 0.857. The molecule has 1 aliphatic rings. The van der Waals surface area contributed by atoms with E-state index in [-0.39, 0.29) is 0 Å². The lowest BCUT2D eigenvalue weighted by molar-refractivity contribution is -0.125. The topological polar surface area (TPSA) is 75.3 Å². The molecule has 1 atom stereocenters. The van der Waals surface area contributed by atoms with E-state index in [2.05, 4.69) is 11.1 Å². The first kappa shape index (κ1) is 10.4. The number of carbonyl (C=O) groups is 1. The zero-order valence-corrected chi connectivity index (χ0v) is 6.84. The number of carbonyl (C=O) groups excluding carboxylic acids is 1. The number of aliphatic hydroxyl groups excluding tert-OH is 1. The molecule has 0 aromatic carbocycles. The maximum Gasteiger partial charge on any atom is 0.245 e. The summed E-state index contributed by atoms with van der Waals surface area (Å²) in [7, 11) is 0. The minimum atomic E-state index is -1.01. The smallest absolute Gasteiger partial charge is 0.245 e. The molecular weight excluding hydrogens is 144 g/mol. The molecular formula is C7H16N2O2. The van der Waals surface area contributed by atoms with Crippen molar-refractivity contribution < 1.29 is 9.90 Å². The molecule has 1 heterocycles. The van der Waals surface area contributed by atoms with Gasteiger partial charge in [0.2, 0.25) is 5.91 Å². The lowest BCUT2D eigenvalue weighted by Gasteiger charge is -1.90. The van der Waals surface area contributed by atoms with E-state index in [1.54, 1.807) is 0 Å². The number of hydrogen-bond donors (Lipinski definition) is 3. The average Bonchev–Trinajstić information content (AvgIpc) is 2.41. The summed E-state index contributed by atoms with van der Waals surface area (Å²) in [5.74, 6) is -0.685. The Morgan fingerprint density at radius 2 is 1.91 bits per heavy atom. The van der Waals surface area contributed by atoms with Crippen LogP contribution in [0.15, 0.2) is 0 Å². The molecule has 0 aliphatic carbocycles. The fourth-order valence-corrected chi connectivity index (χ4v) is 0.625. The molecule has 66 valence electrons. The largest absolute Gasteiger partial charge is 0.384 e. The molecule has 4 nitrogen and oxygen atoms in total. The van der Waals surface area contributed by atoms with Gasteiger partial charge in [-0.25, -0.2) is 0 Å². The highest BCUT2D eigenvalue weighted by molar-refractivity contribution is 5.77.